The minimum Gasteiger partial charge on any atom is -0.439 e. The number of ether oxygens (including phenoxy) is 2. The Labute approximate surface area is 301 Å². The number of hydrogen-bond acceptors (Lipinski definition) is 9. The maximum atomic E-state index is 13.4. The van der Waals surface area contributed by atoms with Gasteiger partial charge in [-0.25, -0.2) is 0 Å². The lowest BCUT2D eigenvalue weighted by Crippen LogP contribution is -2.51. The fourth-order valence-corrected chi connectivity index (χ4v) is 6.96. The molecule has 51 heavy (non-hydrogen) atoms. The Morgan fingerprint density at radius 1 is 0.588 bits per heavy atom. The van der Waals surface area contributed by atoms with Crippen molar-refractivity contribution in [2.24, 2.45) is 10.2 Å². The molecule has 0 aliphatic carbocycles. The lowest BCUT2D eigenvalue weighted by molar-refractivity contribution is -0.138. The molecule has 4 aromatic rings. The first-order valence-corrected chi connectivity index (χ1v) is 16.6. The molecule has 0 saturated carbocycles. The first-order valence-electron chi connectivity index (χ1n) is 15.0. The normalized spacial score (nSPS) is 21.5. The fraction of sp³-hybridized carbons (Fsp3) is 0.235. The van der Waals surface area contributed by atoms with Gasteiger partial charge in [0.1, 0.15) is 0 Å². The van der Waals surface area contributed by atoms with Crippen LogP contribution in [0.2, 0.25) is 10.0 Å². The Balaban J connectivity index is 1.35. The summed E-state index contributed by atoms with van der Waals surface area (Å²) in [6.07, 6.45) is -12.3. The molecule has 8 nitrogen and oxygen atoms in total. The Kier molecular flexibility index (Phi) is 10.1. The van der Waals surface area contributed by atoms with Gasteiger partial charge in [-0.3, -0.25) is 10.9 Å². The van der Waals surface area contributed by atoms with Crippen LogP contribution in [0.5, 0.6) is 0 Å². The van der Waals surface area contributed by atoms with Crippen LogP contribution in [-0.4, -0.2) is 32.1 Å². The van der Waals surface area contributed by atoms with Gasteiger partial charge in [0.05, 0.1) is 11.1 Å². The van der Waals surface area contributed by atoms with Gasteiger partial charge in [0, 0.05) is 22.9 Å². The molecule has 0 fully saturated rings. The number of hydrogen-bond donors (Lipinski definition) is 4. The molecule has 2 aliphatic heterocycles. The van der Waals surface area contributed by atoms with E-state index in [0.717, 1.165) is 36.0 Å². The SMILES string of the molecule is OC(C1=NNC(Cc2ccc(C(F)(F)F)cc2)(SC2(Cc3ccc(C(F)(F)F)cc3)NN=C(C(O)c3ccc(Cl)cc3)O2)O1)c1ccc(Cl)cc1. The largest absolute Gasteiger partial charge is 0.439 e. The molecule has 4 aromatic carbocycles. The fourth-order valence-electron chi connectivity index (χ4n) is 5.26. The minimum absolute atomic E-state index is 0.176. The molecule has 0 spiro atoms. The van der Waals surface area contributed by atoms with Gasteiger partial charge in [0.25, 0.3) is 10.1 Å². The van der Waals surface area contributed by atoms with Gasteiger partial charge in [-0.15, -0.1) is 10.2 Å². The van der Waals surface area contributed by atoms with Crippen LogP contribution in [0.1, 0.15) is 45.6 Å². The molecule has 4 N–H and O–H groups in total. The van der Waals surface area contributed by atoms with Crippen LogP contribution in [0.4, 0.5) is 26.3 Å². The van der Waals surface area contributed by atoms with Gasteiger partial charge < -0.3 is 19.7 Å². The third kappa shape index (κ3) is 8.50. The van der Waals surface area contributed by atoms with Gasteiger partial charge >= 0.3 is 12.4 Å². The second-order valence-electron chi connectivity index (χ2n) is 11.6. The summed E-state index contributed by atoms with van der Waals surface area (Å²) in [4.78, 5) is 0. The molecular formula is C34H26Cl2F6N4O4S. The first-order chi connectivity index (χ1) is 24.0. The van der Waals surface area contributed by atoms with E-state index in [4.69, 9.17) is 32.7 Å². The summed E-state index contributed by atoms with van der Waals surface area (Å²) >= 11 is 12.8. The Morgan fingerprint density at radius 3 is 1.24 bits per heavy atom. The smallest absolute Gasteiger partial charge is 0.416 e. The van der Waals surface area contributed by atoms with Crippen molar-refractivity contribution in [1.29, 1.82) is 0 Å². The summed E-state index contributed by atoms with van der Waals surface area (Å²) in [6.45, 7) is 0. The molecule has 0 saturated heterocycles. The van der Waals surface area contributed by atoms with E-state index in [0.29, 0.717) is 32.3 Å². The third-order valence-corrected chi connectivity index (χ3v) is 9.62. The van der Waals surface area contributed by atoms with Crippen molar-refractivity contribution in [1.82, 2.24) is 10.9 Å². The van der Waals surface area contributed by atoms with E-state index in [2.05, 4.69) is 21.1 Å². The highest BCUT2D eigenvalue weighted by Gasteiger charge is 2.53. The lowest BCUT2D eigenvalue weighted by Gasteiger charge is -2.37. The molecule has 0 radical (unpaired) electrons. The second-order valence-corrected chi connectivity index (χ2v) is 14.0. The number of aliphatic hydroxyl groups excluding tert-OH is 2. The van der Waals surface area contributed by atoms with Crippen molar-refractivity contribution >= 4 is 46.8 Å². The molecular weight excluding hydrogens is 745 g/mol. The summed E-state index contributed by atoms with van der Waals surface area (Å²) in [5.41, 5.74) is 5.37. The molecule has 17 heteroatoms. The highest BCUT2D eigenvalue weighted by atomic mass is 35.5. The molecule has 0 bridgehead atoms. The second kappa shape index (κ2) is 14.1. The van der Waals surface area contributed by atoms with E-state index in [1.807, 2.05) is 0 Å². The van der Waals surface area contributed by atoms with Crippen molar-refractivity contribution in [2.75, 3.05) is 0 Å². The predicted molar refractivity (Wildman–Crippen MR) is 179 cm³/mol. The van der Waals surface area contributed by atoms with Crippen LogP contribution in [0.3, 0.4) is 0 Å². The molecule has 2 aliphatic rings. The Bertz CT molecular complexity index is 1780. The van der Waals surface area contributed by atoms with Gasteiger partial charge in [-0.05, 0) is 82.5 Å². The van der Waals surface area contributed by atoms with E-state index >= 15 is 0 Å². The highest BCUT2D eigenvalue weighted by Crippen LogP contribution is 2.46. The molecule has 4 atom stereocenters. The number of thioether (sulfide) groups is 1. The average Bonchev–Trinajstić information content (AvgIpc) is 3.69. The minimum atomic E-state index is -4.59. The first kappa shape index (κ1) is 36.6. The van der Waals surface area contributed by atoms with Crippen molar-refractivity contribution in [3.05, 3.63) is 140 Å². The predicted octanol–water partition coefficient (Wildman–Crippen LogP) is 8.19. The standard InChI is InChI=1S/C34H26Cl2F6N4O4S/c35-25-13-5-21(6-14-25)27(47)29-43-45-31(49-29,17-19-1-9-23(10-2-19)33(37,38)39)51-32(18-20-3-11-24(12-4-20)34(40,41)42)46-44-30(50-32)28(48)22-7-15-26(36)16-8-22/h1-16,27-28,45-48H,17-18H2. The van der Waals surface area contributed by atoms with E-state index < -0.39 is 45.8 Å². The van der Waals surface area contributed by atoms with Crippen LogP contribution >= 0.6 is 35.0 Å². The molecule has 0 aromatic heterocycles. The number of nitrogens with zero attached hydrogens (tertiary/aromatic N) is 2. The summed E-state index contributed by atoms with van der Waals surface area (Å²) < 4.78 is 92.8. The van der Waals surface area contributed by atoms with Crippen molar-refractivity contribution in [2.45, 2.75) is 47.5 Å². The van der Waals surface area contributed by atoms with Crippen LogP contribution in [-0.2, 0) is 34.7 Å². The third-order valence-electron chi connectivity index (χ3n) is 7.82. The van der Waals surface area contributed by atoms with Crippen LogP contribution in [0.15, 0.2) is 107 Å². The zero-order chi connectivity index (χ0) is 36.6. The number of alkyl halides is 6. The van der Waals surface area contributed by atoms with Gasteiger partial charge in [-0.2, -0.15) is 26.3 Å². The quantitative estimate of drug-likeness (QED) is 0.121. The van der Waals surface area contributed by atoms with Gasteiger partial charge in [0.15, 0.2) is 12.2 Å². The summed E-state index contributed by atoms with van der Waals surface area (Å²) in [6, 6.07) is 21.0. The Hall–Kier alpha value is -4.15. The topological polar surface area (TPSA) is 108 Å². The van der Waals surface area contributed by atoms with E-state index in [1.165, 1.54) is 24.3 Å². The molecule has 4 unspecified atom stereocenters. The summed E-state index contributed by atoms with van der Waals surface area (Å²) in [7, 11) is 0. The van der Waals surface area contributed by atoms with Crippen LogP contribution < -0.4 is 10.9 Å². The maximum Gasteiger partial charge on any atom is 0.416 e. The van der Waals surface area contributed by atoms with E-state index in [9.17, 15) is 36.6 Å². The van der Waals surface area contributed by atoms with E-state index in [1.54, 1.807) is 48.5 Å². The average molecular weight is 772 g/mol. The van der Waals surface area contributed by atoms with Crippen molar-refractivity contribution in [3.8, 4) is 0 Å². The molecule has 0 amide bonds. The van der Waals surface area contributed by atoms with Gasteiger partial charge in [-0.1, -0.05) is 71.7 Å². The summed E-state index contributed by atoms with van der Waals surface area (Å²) in [5.74, 6) is -0.413. The lowest BCUT2D eigenvalue weighted by atomic mass is 10.1. The monoisotopic (exact) mass is 770 g/mol. The molecule has 6 rings (SSSR count). The van der Waals surface area contributed by atoms with Crippen molar-refractivity contribution < 1.29 is 46.0 Å². The number of benzene rings is 4. The van der Waals surface area contributed by atoms with Crippen molar-refractivity contribution in [3.63, 3.8) is 0 Å². The number of nitrogens with one attached hydrogen (secondary N) is 2. The molecule has 2 heterocycles. The Morgan fingerprint density at radius 2 is 0.922 bits per heavy atom. The van der Waals surface area contributed by atoms with Gasteiger partial charge in [0.2, 0.25) is 11.8 Å². The maximum absolute atomic E-state index is 13.4. The van der Waals surface area contributed by atoms with E-state index in [-0.39, 0.29) is 24.6 Å². The number of rotatable bonds is 10. The van der Waals surface area contributed by atoms with Crippen LogP contribution in [0, 0.1) is 0 Å². The zero-order valence-electron chi connectivity index (χ0n) is 25.8. The number of halogens is 8. The van der Waals surface area contributed by atoms with Crippen LogP contribution in [0.25, 0.3) is 0 Å². The summed E-state index contributed by atoms with van der Waals surface area (Å²) in [5, 5.41) is 28.2. The molecule has 268 valence electrons. The number of aliphatic hydroxyl groups is 2. The zero-order valence-corrected chi connectivity index (χ0v) is 28.2. The highest BCUT2D eigenvalue weighted by molar-refractivity contribution is 8.01. The number of hydrazone groups is 2.